The van der Waals surface area contributed by atoms with Gasteiger partial charge < -0.3 is 10.4 Å². The van der Waals surface area contributed by atoms with Crippen LogP contribution < -0.4 is 10.6 Å². The van der Waals surface area contributed by atoms with Gasteiger partial charge in [0.05, 0.1) is 5.75 Å². The Bertz CT molecular complexity index is 484. The van der Waals surface area contributed by atoms with E-state index in [0.717, 1.165) is 30.6 Å². The van der Waals surface area contributed by atoms with Crippen LogP contribution in [0.5, 0.6) is 5.75 Å². The Labute approximate surface area is 128 Å². The molecule has 6 heteroatoms. The number of rotatable bonds is 4. The molecule has 0 aliphatic heterocycles. The van der Waals surface area contributed by atoms with E-state index in [9.17, 15) is 9.59 Å². The van der Waals surface area contributed by atoms with Crippen molar-refractivity contribution in [2.45, 2.75) is 43.0 Å². The normalized spacial score (nSPS) is 15.4. The quantitative estimate of drug-likeness (QED) is 0.747. The number of hydrogen-bond donors (Lipinski definition) is 3. The fraction of sp³-hybridized carbons (Fsp3) is 0.467. The Morgan fingerprint density at radius 3 is 2.48 bits per heavy atom. The van der Waals surface area contributed by atoms with E-state index in [1.54, 1.807) is 24.3 Å². The molecule has 0 saturated heterocycles. The molecule has 3 amide bonds. The van der Waals surface area contributed by atoms with Crippen LogP contribution in [0.4, 0.5) is 4.79 Å². The van der Waals surface area contributed by atoms with E-state index in [0.29, 0.717) is 0 Å². The first kappa shape index (κ1) is 15.7. The maximum absolute atomic E-state index is 11.7. The number of urea groups is 1. The van der Waals surface area contributed by atoms with E-state index >= 15 is 0 Å². The van der Waals surface area contributed by atoms with Crippen LogP contribution >= 0.6 is 11.8 Å². The van der Waals surface area contributed by atoms with Crippen molar-refractivity contribution in [1.29, 1.82) is 0 Å². The van der Waals surface area contributed by atoms with Crippen LogP contribution in [0.3, 0.4) is 0 Å². The summed E-state index contributed by atoms with van der Waals surface area (Å²) in [6.45, 7) is 0. The van der Waals surface area contributed by atoms with Gasteiger partial charge in [0.1, 0.15) is 5.75 Å². The summed E-state index contributed by atoms with van der Waals surface area (Å²) in [4.78, 5) is 24.3. The van der Waals surface area contributed by atoms with Gasteiger partial charge in [0.15, 0.2) is 0 Å². The smallest absolute Gasteiger partial charge is 0.321 e. The predicted octanol–water partition coefficient (Wildman–Crippen LogP) is 2.64. The second-order valence-corrected chi connectivity index (χ2v) is 6.19. The maximum Gasteiger partial charge on any atom is 0.321 e. The van der Waals surface area contributed by atoms with E-state index in [1.807, 2.05) is 0 Å². The number of phenolic OH excluding ortho intramolecular Hbond substituents is 1. The highest BCUT2D eigenvalue weighted by molar-refractivity contribution is 8.00. The van der Waals surface area contributed by atoms with Crippen molar-refractivity contribution in [3.05, 3.63) is 24.3 Å². The van der Waals surface area contributed by atoms with Gasteiger partial charge >= 0.3 is 6.03 Å². The fourth-order valence-corrected chi connectivity index (χ4v) is 3.02. The van der Waals surface area contributed by atoms with Crippen LogP contribution in [0, 0.1) is 0 Å². The van der Waals surface area contributed by atoms with Crippen LogP contribution in [0.2, 0.25) is 0 Å². The number of amides is 3. The summed E-state index contributed by atoms with van der Waals surface area (Å²) in [5.74, 6) is 0.0418. The molecule has 0 heterocycles. The van der Waals surface area contributed by atoms with Crippen molar-refractivity contribution in [1.82, 2.24) is 10.6 Å². The Morgan fingerprint density at radius 1 is 1.14 bits per heavy atom. The molecule has 0 bridgehead atoms. The van der Waals surface area contributed by atoms with Gasteiger partial charge in [0.2, 0.25) is 5.91 Å². The number of hydrogen-bond acceptors (Lipinski definition) is 4. The number of nitrogens with one attached hydrogen (secondary N) is 2. The fourth-order valence-electron chi connectivity index (χ4n) is 2.32. The number of thioether (sulfide) groups is 1. The van der Waals surface area contributed by atoms with Gasteiger partial charge in [-0.2, -0.15) is 0 Å². The van der Waals surface area contributed by atoms with E-state index < -0.39 is 6.03 Å². The van der Waals surface area contributed by atoms with Crippen molar-refractivity contribution in [3.63, 3.8) is 0 Å². The summed E-state index contributed by atoms with van der Waals surface area (Å²) in [6, 6.07) is 6.38. The molecule has 2 rings (SSSR count). The Morgan fingerprint density at radius 2 is 1.81 bits per heavy atom. The second kappa shape index (κ2) is 7.93. The third kappa shape index (κ3) is 5.67. The summed E-state index contributed by atoms with van der Waals surface area (Å²) in [5.41, 5.74) is 0. The average Bonchev–Trinajstić information content (AvgIpc) is 2.47. The second-order valence-electron chi connectivity index (χ2n) is 5.14. The summed E-state index contributed by atoms with van der Waals surface area (Å²) in [6.07, 6.45) is 5.47. The molecule has 1 aliphatic rings. The van der Waals surface area contributed by atoms with E-state index in [-0.39, 0.29) is 23.5 Å². The molecular weight excluding hydrogens is 288 g/mol. The molecule has 1 fully saturated rings. The minimum atomic E-state index is -0.404. The molecule has 0 spiro atoms. The van der Waals surface area contributed by atoms with Crippen LogP contribution in [-0.4, -0.2) is 28.8 Å². The Hall–Kier alpha value is -1.69. The van der Waals surface area contributed by atoms with Gasteiger partial charge in [-0.25, -0.2) is 4.79 Å². The number of imide groups is 1. The number of benzene rings is 1. The highest BCUT2D eigenvalue weighted by atomic mass is 32.2. The molecule has 0 aromatic heterocycles. The lowest BCUT2D eigenvalue weighted by molar-refractivity contribution is -0.117. The molecular formula is C15H20N2O3S. The average molecular weight is 308 g/mol. The predicted molar refractivity (Wildman–Crippen MR) is 82.4 cm³/mol. The maximum atomic E-state index is 11.7. The van der Waals surface area contributed by atoms with Crippen LogP contribution in [0.1, 0.15) is 32.1 Å². The van der Waals surface area contributed by atoms with Crippen molar-refractivity contribution >= 4 is 23.7 Å². The van der Waals surface area contributed by atoms with Gasteiger partial charge in [-0.1, -0.05) is 19.3 Å². The minimum Gasteiger partial charge on any atom is -0.508 e. The lowest BCUT2D eigenvalue weighted by Gasteiger charge is -2.22. The zero-order chi connectivity index (χ0) is 15.1. The van der Waals surface area contributed by atoms with Gasteiger partial charge in [0, 0.05) is 10.9 Å². The van der Waals surface area contributed by atoms with E-state index in [1.165, 1.54) is 18.2 Å². The van der Waals surface area contributed by atoms with Crippen molar-refractivity contribution in [2.24, 2.45) is 0 Å². The first-order chi connectivity index (χ1) is 10.1. The Balaban J connectivity index is 1.68. The number of aromatic hydroxyl groups is 1. The molecule has 1 aromatic carbocycles. The molecule has 21 heavy (non-hydrogen) atoms. The van der Waals surface area contributed by atoms with Crippen molar-refractivity contribution in [3.8, 4) is 5.75 Å². The van der Waals surface area contributed by atoms with Gasteiger partial charge in [0.25, 0.3) is 0 Å². The minimum absolute atomic E-state index is 0.170. The molecule has 3 N–H and O–H groups in total. The van der Waals surface area contributed by atoms with Crippen LogP contribution in [0.25, 0.3) is 0 Å². The molecule has 1 aliphatic carbocycles. The molecule has 0 unspecified atom stereocenters. The number of carbonyl (C=O) groups is 2. The van der Waals surface area contributed by atoms with Crippen LogP contribution in [-0.2, 0) is 4.79 Å². The lowest BCUT2D eigenvalue weighted by Crippen LogP contribution is -2.45. The van der Waals surface area contributed by atoms with Crippen molar-refractivity contribution < 1.29 is 14.7 Å². The SMILES string of the molecule is O=C(CSc1ccc(O)cc1)NC(=O)NC1CCCCC1. The topological polar surface area (TPSA) is 78.4 Å². The lowest BCUT2D eigenvalue weighted by atomic mass is 9.96. The highest BCUT2D eigenvalue weighted by Gasteiger charge is 2.16. The summed E-state index contributed by atoms with van der Waals surface area (Å²) >= 11 is 1.32. The summed E-state index contributed by atoms with van der Waals surface area (Å²) in [5, 5.41) is 14.4. The Kier molecular flexibility index (Phi) is 5.92. The van der Waals surface area contributed by atoms with Crippen molar-refractivity contribution in [2.75, 3.05) is 5.75 Å². The highest BCUT2D eigenvalue weighted by Crippen LogP contribution is 2.20. The first-order valence-electron chi connectivity index (χ1n) is 7.15. The number of carbonyl (C=O) groups excluding carboxylic acids is 2. The first-order valence-corrected chi connectivity index (χ1v) is 8.14. The third-order valence-electron chi connectivity index (χ3n) is 3.40. The molecule has 0 atom stereocenters. The van der Waals surface area contributed by atoms with Gasteiger partial charge in [-0.3, -0.25) is 10.1 Å². The van der Waals surface area contributed by atoms with E-state index in [2.05, 4.69) is 10.6 Å². The largest absolute Gasteiger partial charge is 0.508 e. The zero-order valence-corrected chi connectivity index (χ0v) is 12.6. The monoisotopic (exact) mass is 308 g/mol. The molecule has 1 saturated carbocycles. The number of phenols is 1. The van der Waals surface area contributed by atoms with Gasteiger partial charge in [-0.15, -0.1) is 11.8 Å². The van der Waals surface area contributed by atoms with Crippen LogP contribution in [0.15, 0.2) is 29.2 Å². The van der Waals surface area contributed by atoms with Gasteiger partial charge in [-0.05, 0) is 37.1 Å². The third-order valence-corrected chi connectivity index (χ3v) is 4.41. The summed E-state index contributed by atoms with van der Waals surface area (Å²) < 4.78 is 0. The molecule has 5 nitrogen and oxygen atoms in total. The van der Waals surface area contributed by atoms with E-state index in [4.69, 9.17) is 5.11 Å². The molecule has 114 valence electrons. The summed E-state index contributed by atoms with van der Waals surface area (Å²) in [7, 11) is 0. The molecule has 0 radical (unpaired) electrons. The molecule has 1 aromatic rings. The zero-order valence-electron chi connectivity index (χ0n) is 11.8. The standard InChI is InChI=1S/C15H20N2O3S/c18-12-6-8-13(9-7-12)21-10-14(19)17-15(20)16-11-4-2-1-3-5-11/h6-9,11,18H,1-5,10H2,(H2,16,17,19,20).